The van der Waals surface area contributed by atoms with Gasteiger partial charge in [-0.2, -0.15) is 0 Å². The number of hydrogen-bond donors (Lipinski definition) is 0. The Kier molecular flexibility index (Phi) is 4.24. The minimum absolute atomic E-state index is 0.601. The lowest BCUT2D eigenvalue weighted by atomic mass is 9.80. The summed E-state index contributed by atoms with van der Waals surface area (Å²) in [5.41, 5.74) is 0.601. The SMILES string of the molecule is CCCC(C)(CCC)CN1CCC1. The van der Waals surface area contributed by atoms with E-state index in [0.717, 1.165) is 0 Å². The Balaban J connectivity index is 2.34. The van der Waals surface area contributed by atoms with E-state index in [0.29, 0.717) is 5.41 Å². The molecule has 13 heavy (non-hydrogen) atoms. The minimum Gasteiger partial charge on any atom is -0.303 e. The topological polar surface area (TPSA) is 3.24 Å². The van der Waals surface area contributed by atoms with Crippen LogP contribution in [0.4, 0.5) is 0 Å². The van der Waals surface area contributed by atoms with Gasteiger partial charge in [-0.15, -0.1) is 0 Å². The van der Waals surface area contributed by atoms with Crippen LogP contribution in [-0.2, 0) is 0 Å². The monoisotopic (exact) mass is 183 g/mol. The van der Waals surface area contributed by atoms with Gasteiger partial charge in [0.1, 0.15) is 0 Å². The summed E-state index contributed by atoms with van der Waals surface area (Å²) in [5.74, 6) is 0. The van der Waals surface area contributed by atoms with Gasteiger partial charge in [0, 0.05) is 6.54 Å². The van der Waals surface area contributed by atoms with Crippen molar-refractivity contribution >= 4 is 0 Å². The fourth-order valence-electron chi connectivity index (χ4n) is 2.57. The number of rotatable bonds is 6. The van der Waals surface area contributed by atoms with Gasteiger partial charge in [0.2, 0.25) is 0 Å². The molecular weight excluding hydrogens is 158 g/mol. The van der Waals surface area contributed by atoms with Gasteiger partial charge in [-0.3, -0.25) is 0 Å². The molecule has 0 N–H and O–H groups in total. The van der Waals surface area contributed by atoms with Crippen LogP contribution in [-0.4, -0.2) is 24.5 Å². The first-order valence-corrected chi connectivity index (χ1v) is 5.92. The second-order valence-corrected chi connectivity index (χ2v) is 4.94. The fourth-order valence-corrected chi connectivity index (χ4v) is 2.57. The molecule has 0 unspecified atom stereocenters. The van der Waals surface area contributed by atoms with E-state index in [-0.39, 0.29) is 0 Å². The second-order valence-electron chi connectivity index (χ2n) is 4.94. The highest BCUT2D eigenvalue weighted by Gasteiger charge is 2.27. The molecule has 0 radical (unpaired) electrons. The maximum absolute atomic E-state index is 2.62. The Morgan fingerprint density at radius 2 is 1.62 bits per heavy atom. The van der Waals surface area contributed by atoms with Crippen LogP contribution < -0.4 is 0 Å². The van der Waals surface area contributed by atoms with Gasteiger partial charge in [-0.05, 0) is 37.8 Å². The van der Waals surface area contributed by atoms with Crippen LogP contribution in [0.1, 0.15) is 52.9 Å². The molecule has 1 heteroatoms. The third kappa shape index (κ3) is 3.30. The average molecular weight is 183 g/mol. The van der Waals surface area contributed by atoms with Crippen molar-refractivity contribution in [2.75, 3.05) is 19.6 Å². The highest BCUT2D eigenvalue weighted by molar-refractivity contribution is 4.81. The zero-order chi connectivity index (χ0) is 9.73. The molecule has 1 saturated heterocycles. The van der Waals surface area contributed by atoms with Crippen molar-refractivity contribution in [1.82, 2.24) is 4.90 Å². The predicted molar refractivity (Wildman–Crippen MR) is 59.0 cm³/mol. The Bertz CT molecular complexity index is 132. The number of likely N-dealkylation sites (tertiary alicyclic amines) is 1. The maximum Gasteiger partial charge on any atom is 0.00353 e. The van der Waals surface area contributed by atoms with E-state index >= 15 is 0 Å². The highest BCUT2D eigenvalue weighted by Crippen LogP contribution is 2.31. The zero-order valence-electron chi connectivity index (χ0n) is 9.60. The molecule has 0 aromatic carbocycles. The van der Waals surface area contributed by atoms with Gasteiger partial charge >= 0.3 is 0 Å². The summed E-state index contributed by atoms with van der Waals surface area (Å²) in [6.45, 7) is 11.1. The van der Waals surface area contributed by atoms with Crippen molar-refractivity contribution in [1.29, 1.82) is 0 Å². The molecule has 78 valence electrons. The molecule has 0 spiro atoms. The van der Waals surface area contributed by atoms with Crippen LogP contribution in [0.5, 0.6) is 0 Å². The van der Waals surface area contributed by atoms with E-state index < -0.39 is 0 Å². The number of hydrogen-bond acceptors (Lipinski definition) is 1. The fraction of sp³-hybridized carbons (Fsp3) is 1.00. The lowest BCUT2D eigenvalue weighted by Crippen LogP contribution is -2.44. The predicted octanol–water partition coefficient (Wildman–Crippen LogP) is 3.30. The lowest BCUT2D eigenvalue weighted by Gasteiger charge is -2.40. The molecule has 0 aliphatic carbocycles. The quantitative estimate of drug-likeness (QED) is 0.610. The molecule has 0 aromatic rings. The zero-order valence-corrected chi connectivity index (χ0v) is 9.60. The molecule has 1 fully saturated rings. The third-order valence-electron chi connectivity index (χ3n) is 3.26. The smallest absolute Gasteiger partial charge is 0.00353 e. The van der Waals surface area contributed by atoms with E-state index in [2.05, 4.69) is 25.7 Å². The Morgan fingerprint density at radius 1 is 1.08 bits per heavy atom. The van der Waals surface area contributed by atoms with Gasteiger partial charge < -0.3 is 4.90 Å². The van der Waals surface area contributed by atoms with Crippen LogP contribution in [0, 0.1) is 5.41 Å². The van der Waals surface area contributed by atoms with Gasteiger partial charge in [-0.1, -0.05) is 33.6 Å². The molecule has 1 rings (SSSR count). The Hall–Kier alpha value is -0.0400. The van der Waals surface area contributed by atoms with Gasteiger partial charge in [-0.25, -0.2) is 0 Å². The van der Waals surface area contributed by atoms with Gasteiger partial charge in [0.05, 0.1) is 0 Å². The third-order valence-corrected chi connectivity index (χ3v) is 3.26. The summed E-state index contributed by atoms with van der Waals surface area (Å²) in [7, 11) is 0. The summed E-state index contributed by atoms with van der Waals surface area (Å²) in [4.78, 5) is 2.62. The summed E-state index contributed by atoms with van der Waals surface area (Å²) < 4.78 is 0. The molecule has 0 amide bonds. The van der Waals surface area contributed by atoms with E-state index in [1.807, 2.05) is 0 Å². The molecular formula is C12H25N. The van der Waals surface area contributed by atoms with Crippen molar-refractivity contribution < 1.29 is 0 Å². The van der Waals surface area contributed by atoms with E-state index in [9.17, 15) is 0 Å². The van der Waals surface area contributed by atoms with Gasteiger partial charge in [0.25, 0.3) is 0 Å². The van der Waals surface area contributed by atoms with E-state index in [1.165, 1.54) is 51.7 Å². The highest BCUT2D eigenvalue weighted by atomic mass is 15.2. The normalized spacial score (nSPS) is 18.7. The van der Waals surface area contributed by atoms with Crippen LogP contribution in [0.25, 0.3) is 0 Å². The molecule has 1 aliphatic heterocycles. The van der Waals surface area contributed by atoms with E-state index in [4.69, 9.17) is 0 Å². The lowest BCUT2D eigenvalue weighted by molar-refractivity contribution is 0.0929. The maximum atomic E-state index is 2.62. The molecule has 1 heterocycles. The first-order valence-electron chi connectivity index (χ1n) is 5.92. The molecule has 0 bridgehead atoms. The van der Waals surface area contributed by atoms with Crippen LogP contribution >= 0.6 is 0 Å². The second kappa shape index (κ2) is 4.99. The van der Waals surface area contributed by atoms with E-state index in [1.54, 1.807) is 0 Å². The summed E-state index contributed by atoms with van der Waals surface area (Å²) in [6.07, 6.45) is 6.90. The summed E-state index contributed by atoms with van der Waals surface area (Å²) in [5, 5.41) is 0. The molecule has 1 aliphatic rings. The van der Waals surface area contributed by atoms with Crippen LogP contribution in [0.15, 0.2) is 0 Å². The van der Waals surface area contributed by atoms with Crippen molar-refractivity contribution in [3.8, 4) is 0 Å². The molecule has 0 aromatic heterocycles. The summed E-state index contributed by atoms with van der Waals surface area (Å²) in [6, 6.07) is 0. The Labute approximate surface area is 83.5 Å². The average Bonchev–Trinajstić information content (AvgIpc) is 1.98. The van der Waals surface area contributed by atoms with Crippen molar-refractivity contribution in [3.63, 3.8) is 0 Å². The Morgan fingerprint density at radius 3 is 1.92 bits per heavy atom. The van der Waals surface area contributed by atoms with Crippen molar-refractivity contribution in [2.24, 2.45) is 5.41 Å². The molecule has 0 atom stereocenters. The first kappa shape index (κ1) is 11.0. The first-order chi connectivity index (χ1) is 6.20. The molecule has 1 nitrogen and oxygen atoms in total. The minimum atomic E-state index is 0.601. The van der Waals surface area contributed by atoms with Gasteiger partial charge in [0.15, 0.2) is 0 Å². The standard InChI is InChI=1S/C12H25N/c1-4-7-12(3,8-5-2)11-13-9-6-10-13/h4-11H2,1-3H3. The largest absolute Gasteiger partial charge is 0.303 e. The van der Waals surface area contributed by atoms with Crippen LogP contribution in [0.3, 0.4) is 0 Å². The molecule has 0 saturated carbocycles. The van der Waals surface area contributed by atoms with Crippen molar-refractivity contribution in [2.45, 2.75) is 52.9 Å². The van der Waals surface area contributed by atoms with Crippen molar-refractivity contribution in [3.05, 3.63) is 0 Å². The summed E-state index contributed by atoms with van der Waals surface area (Å²) >= 11 is 0. The van der Waals surface area contributed by atoms with Crippen LogP contribution in [0.2, 0.25) is 0 Å². The number of nitrogens with zero attached hydrogens (tertiary/aromatic N) is 1.